The van der Waals surface area contributed by atoms with Crippen molar-refractivity contribution >= 4 is 23.2 Å². The first-order valence-corrected chi connectivity index (χ1v) is 4.44. The van der Waals surface area contributed by atoms with Crippen LogP contribution in [0.1, 0.15) is 0 Å². The molecule has 0 bridgehead atoms. The number of carbonyl (C=O) groups excluding carboxylic acids is 1. The van der Waals surface area contributed by atoms with Gasteiger partial charge in [0.05, 0.1) is 17.8 Å². The van der Waals surface area contributed by atoms with Gasteiger partial charge >= 0.3 is 12.1 Å². The molecule has 1 aromatic rings. The second kappa shape index (κ2) is 4.61. The van der Waals surface area contributed by atoms with E-state index in [1.165, 1.54) is 25.3 Å². The van der Waals surface area contributed by atoms with E-state index in [0.717, 1.165) is 0 Å². The van der Waals surface area contributed by atoms with Crippen molar-refractivity contribution in [2.24, 2.45) is 0 Å². The molecule has 3 nitrogen and oxygen atoms in total. The Morgan fingerprint density at radius 1 is 1.44 bits per heavy atom. The quantitative estimate of drug-likeness (QED) is 0.880. The fourth-order valence-corrected chi connectivity index (χ4v) is 1.09. The van der Waals surface area contributed by atoms with Crippen molar-refractivity contribution < 1.29 is 22.7 Å². The van der Waals surface area contributed by atoms with E-state index in [1.807, 2.05) is 0 Å². The number of benzene rings is 1. The van der Waals surface area contributed by atoms with Gasteiger partial charge in [-0.25, -0.2) is 0 Å². The molecule has 1 aromatic carbocycles. The van der Waals surface area contributed by atoms with Crippen LogP contribution in [0.4, 0.5) is 18.9 Å². The SMILES string of the molecule is COc1ccc(Cl)c(NC(=O)C(F)(F)F)c1. The number of amides is 1. The molecule has 0 atom stereocenters. The topological polar surface area (TPSA) is 38.3 Å². The molecule has 0 aliphatic rings. The summed E-state index contributed by atoms with van der Waals surface area (Å²) in [5.41, 5.74) is -0.150. The minimum atomic E-state index is -4.95. The van der Waals surface area contributed by atoms with Crippen molar-refractivity contribution in [2.45, 2.75) is 6.18 Å². The van der Waals surface area contributed by atoms with Crippen LogP contribution in [0.3, 0.4) is 0 Å². The predicted molar refractivity (Wildman–Crippen MR) is 52.7 cm³/mol. The zero-order valence-corrected chi connectivity index (χ0v) is 8.82. The minimum absolute atomic E-state index is 0.00148. The van der Waals surface area contributed by atoms with E-state index in [0.29, 0.717) is 5.75 Å². The van der Waals surface area contributed by atoms with Crippen LogP contribution in [0.15, 0.2) is 18.2 Å². The average Bonchev–Trinajstić information content (AvgIpc) is 2.19. The minimum Gasteiger partial charge on any atom is -0.497 e. The molecule has 7 heteroatoms. The third kappa shape index (κ3) is 3.03. The zero-order valence-electron chi connectivity index (χ0n) is 8.06. The standard InChI is InChI=1S/C9H7ClF3NO2/c1-16-5-2-3-6(10)7(4-5)14-8(15)9(11,12)13/h2-4H,1H3,(H,14,15). The zero-order chi connectivity index (χ0) is 12.3. The van der Waals surface area contributed by atoms with Crippen LogP contribution in [0.25, 0.3) is 0 Å². The first-order chi connectivity index (χ1) is 7.34. The van der Waals surface area contributed by atoms with Crippen LogP contribution in [-0.4, -0.2) is 19.2 Å². The van der Waals surface area contributed by atoms with Gasteiger partial charge in [-0.2, -0.15) is 13.2 Å². The highest BCUT2D eigenvalue weighted by atomic mass is 35.5. The fourth-order valence-electron chi connectivity index (χ4n) is 0.920. The van der Waals surface area contributed by atoms with Crippen LogP contribution < -0.4 is 10.1 Å². The molecular weight excluding hydrogens is 247 g/mol. The number of rotatable bonds is 2. The molecule has 1 amide bonds. The maximum atomic E-state index is 12.0. The highest BCUT2D eigenvalue weighted by Gasteiger charge is 2.38. The average molecular weight is 254 g/mol. The lowest BCUT2D eigenvalue weighted by molar-refractivity contribution is -0.167. The van der Waals surface area contributed by atoms with Gasteiger partial charge in [-0.1, -0.05) is 11.6 Å². The summed E-state index contributed by atoms with van der Waals surface area (Å²) in [5.74, 6) is -1.79. The summed E-state index contributed by atoms with van der Waals surface area (Å²) in [6.45, 7) is 0. The summed E-state index contributed by atoms with van der Waals surface area (Å²) < 4.78 is 40.7. The molecule has 0 aliphatic heterocycles. The Morgan fingerprint density at radius 2 is 2.06 bits per heavy atom. The molecule has 0 heterocycles. The summed E-state index contributed by atoms with van der Waals surface area (Å²) in [7, 11) is 1.35. The summed E-state index contributed by atoms with van der Waals surface area (Å²) in [6, 6.07) is 3.99. The summed E-state index contributed by atoms with van der Waals surface area (Å²) >= 11 is 5.61. The second-order valence-corrected chi connectivity index (χ2v) is 3.20. The third-order valence-electron chi connectivity index (χ3n) is 1.68. The van der Waals surface area contributed by atoms with Crippen LogP contribution in [-0.2, 0) is 4.79 Å². The number of hydrogen-bond donors (Lipinski definition) is 1. The van der Waals surface area contributed by atoms with Gasteiger partial charge in [-0.3, -0.25) is 4.79 Å². The number of alkyl halides is 3. The van der Waals surface area contributed by atoms with E-state index in [1.54, 1.807) is 5.32 Å². The largest absolute Gasteiger partial charge is 0.497 e. The predicted octanol–water partition coefficient (Wildman–Crippen LogP) is 2.85. The molecule has 0 unspecified atom stereocenters. The highest BCUT2D eigenvalue weighted by molar-refractivity contribution is 6.33. The fraction of sp³-hybridized carbons (Fsp3) is 0.222. The first kappa shape index (κ1) is 12.6. The molecule has 88 valence electrons. The van der Waals surface area contributed by atoms with Crippen molar-refractivity contribution in [3.8, 4) is 5.75 Å². The van der Waals surface area contributed by atoms with Crippen molar-refractivity contribution in [3.05, 3.63) is 23.2 Å². The van der Waals surface area contributed by atoms with Crippen LogP contribution in [0, 0.1) is 0 Å². The smallest absolute Gasteiger partial charge is 0.471 e. The molecule has 1 rings (SSSR count). The van der Waals surface area contributed by atoms with Crippen molar-refractivity contribution in [3.63, 3.8) is 0 Å². The molecule has 0 spiro atoms. The second-order valence-electron chi connectivity index (χ2n) is 2.80. The maximum Gasteiger partial charge on any atom is 0.471 e. The normalized spacial score (nSPS) is 11.1. The summed E-state index contributed by atoms with van der Waals surface area (Å²) in [6.07, 6.45) is -4.95. The highest BCUT2D eigenvalue weighted by Crippen LogP contribution is 2.28. The van der Waals surface area contributed by atoms with E-state index in [-0.39, 0.29) is 10.7 Å². The van der Waals surface area contributed by atoms with Gasteiger partial charge in [0, 0.05) is 6.07 Å². The first-order valence-electron chi connectivity index (χ1n) is 4.06. The molecule has 16 heavy (non-hydrogen) atoms. The van der Waals surface area contributed by atoms with Crippen molar-refractivity contribution in [1.82, 2.24) is 0 Å². The van der Waals surface area contributed by atoms with E-state index >= 15 is 0 Å². The Hall–Kier alpha value is -1.43. The lowest BCUT2D eigenvalue weighted by atomic mass is 10.3. The maximum absolute atomic E-state index is 12.0. The number of hydrogen-bond acceptors (Lipinski definition) is 2. The number of carbonyl (C=O) groups is 1. The molecule has 0 radical (unpaired) electrons. The Balaban J connectivity index is 2.92. The molecule has 0 fully saturated rings. The van der Waals surface area contributed by atoms with E-state index < -0.39 is 12.1 Å². The molecule has 0 aliphatic carbocycles. The van der Waals surface area contributed by atoms with Gasteiger partial charge in [0.15, 0.2) is 0 Å². The third-order valence-corrected chi connectivity index (χ3v) is 2.01. The van der Waals surface area contributed by atoms with Gasteiger partial charge in [0.25, 0.3) is 0 Å². The Kier molecular flexibility index (Phi) is 3.64. The monoisotopic (exact) mass is 253 g/mol. The number of halogens is 4. The Bertz CT molecular complexity index is 406. The van der Waals surface area contributed by atoms with E-state index in [9.17, 15) is 18.0 Å². The molecule has 0 saturated heterocycles. The lowest BCUT2D eigenvalue weighted by Gasteiger charge is -2.10. The number of methoxy groups -OCH3 is 1. The van der Waals surface area contributed by atoms with Gasteiger partial charge < -0.3 is 10.1 Å². The van der Waals surface area contributed by atoms with E-state index in [4.69, 9.17) is 16.3 Å². The Labute approximate surface area is 94.2 Å². The molecule has 0 saturated carbocycles. The van der Waals surface area contributed by atoms with Crippen LogP contribution in [0.5, 0.6) is 5.75 Å². The van der Waals surface area contributed by atoms with Gasteiger partial charge in [-0.15, -0.1) is 0 Å². The Morgan fingerprint density at radius 3 is 2.56 bits per heavy atom. The number of anilines is 1. The summed E-state index contributed by atoms with van der Waals surface area (Å²) in [5, 5.41) is 1.65. The van der Waals surface area contributed by atoms with Gasteiger partial charge in [-0.05, 0) is 12.1 Å². The number of nitrogens with one attached hydrogen (secondary N) is 1. The van der Waals surface area contributed by atoms with Gasteiger partial charge in [0.2, 0.25) is 0 Å². The molecule has 0 aromatic heterocycles. The molecular formula is C9H7ClF3NO2. The van der Waals surface area contributed by atoms with Gasteiger partial charge in [0.1, 0.15) is 5.75 Å². The van der Waals surface area contributed by atoms with Crippen molar-refractivity contribution in [2.75, 3.05) is 12.4 Å². The lowest BCUT2D eigenvalue weighted by Crippen LogP contribution is -2.30. The van der Waals surface area contributed by atoms with Crippen LogP contribution in [0.2, 0.25) is 5.02 Å². The summed E-state index contributed by atoms with van der Waals surface area (Å²) in [4.78, 5) is 10.7. The molecule has 1 N–H and O–H groups in total. The number of ether oxygens (including phenoxy) is 1. The van der Waals surface area contributed by atoms with Crippen LogP contribution >= 0.6 is 11.6 Å². The van der Waals surface area contributed by atoms with E-state index in [2.05, 4.69) is 0 Å². The van der Waals surface area contributed by atoms with Crippen molar-refractivity contribution in [1.29, 1.82) is 0 Å².